The predicted molar refractivity (Wildman–Crippen MR) is 138 cm³/mol. The van der Waals surface area contributed by atoms with Crippen molar-refractivity contribution in [3.05, 3.63) is 61.1 Å². The number of pyridine rings is 1. The molecule has 1 aliphatic rings. The van der Waals surface area contributed by atoms with E-state index in [1.165, 1.54) is 4.63 Å². The zero-order chi connectivity index (χ0) is 27.4. The lowest BCUT2D eigenvalue weighted by molar-refractivity contribution is -0.00640. The number of rotatable bonds is 4. The van der Waals surface area contributed by atoms with E-state index in [0.717, 1.165) is 16.0 Å². The van der Waals surface area contributed by atoms with E-state index in [0.29, 0.717) is 22.7 Å². The Hall–Kier alpha value is -4.68. The van der Waals surface area contributed by atoms with Crippen LogP contribution in [-0.2, 0) is 4.74 Å². The van der Waals surface area contributed by atoms with Gasteiger partial charge in [-0.05, 0) is 57.2 Å². The van der Waals surface area contributed by atoms with Gasteiger partial charge >= 0.3 is 6.09 Å². The van der Waals surface area contributed by atoms with Crippen molar-refractivity contribution in [1.82, 2.24) is 39.3 Å². The third-order valence-electron chi connectivity index (χ3n) is 6.23. The van der Waals surface area contributed by atoms with E-state index in [1.54, 1.807) is 74.2 Å². The molecule has 1 saturated heterocycles. The maximum Gasteiger partial charge on any atom is 0.410 e. The van der Waals surface area contributed by atoms with Gasteiger partial charge in [-0.2, -0.15) is 19.9 Å². The number of halogens is 2. The van der Waals surface area contributed by atoms with Crippen LogP contribution < -0.4 is 5.32 Å². The van der Waals surface area contributed by atoms with E-state index in [4.69, 9.17) is 9.72 Å². The summed E-state index contributed by atoms with van der Waals surface area (Å²) in [6.07, 6.45) is 4.15. The van der Waals surface area contributed by atoms with Crippen LogP contribution in [-0.4, -0.2) is 76.1 Å². The number of likely N-dealkylation sites (tertiary alicyclic amines) is 1. The van der Waals surface area contributed by atoms with Gasteiger partial charge in [0.15, 0.2) is 5.65 Å². The molecule has 1 N–H and O–H groups in total. The summed E-state index contributed by atoms with van der Waals surface area (Å²) in [6, 6.07) is 11.0. The van der Waals surface area contributed by atoms with Gasteiger partial charge < -0.3 is 10.1 Å². The Morgan fingerprint density at radius 1 is 1.05 bits per heavy atom. The number of imidazole rings is 1. The number of aromatic nitrogens is 7. The van der Waals surface area contributed by atoms with E-state index < -0.39 is 30.2 Å². The summed E-state index contributed by atoms with van der Waals surface area (Å²) in [6.45, 7) is 4.10. The summed E-state index contributed by atoms with van der Waals surface area (Å²) in [5.41, 5.74) is 2.87. The number of carbonyl (C=O) groups excluding carboxylic acids is 1. The molecule has 1 aliphatic heterocycles. The summed E-state index contributed by atoms with van der Waals surface area (Å²) >= 11 is 0. The van der Waals surface area contributed by atoms with Gasteiger partial charge in [-0.15, -0.1) is 0 Å². The highest BCUT2D eigenvalue weighted by molar-refractivity contribution is 5.87. The number of fused-ring (bicyclic) bond motifs is 2. The first-order valence-corrected chi connectivity index (χ1v) is 12.3. The summed E-state index contributed by atoms with van der Waals surface area (Å²) in [4.78, 5) is 22.9. The highest BCUT2D eigenvalue weighted by Gasteiger charge is 2.50. The van der Waals surface area contributed by atoms with Crippen LogP contribution in [0, 0.1) is 0 Å². The zero-order valence-corrected chi connectivity index (χ0v) is 21.4. The summed E-state index contributed by atoms with van der Waals surface area (Å²) in [7, 11) is 0. The summed E-state index contributed by atoms with van der Waals surface area (Å²) < 4.78 is 38.3. The second-order valence-electron chi connectivity index (χ2n) is 10.3. The number of hydrogen-bond acceptors (Lipinski definition) is 8. The van der Waals surface area contributed by atoms with Gasteiger partial charge in [-0.25, -0.2) is 28.1 Å². The van der Waals surface area contributed by atoms with Gasteiger partial charge in [0.25, 0.3) is 5.92 Å². The van der Waals surface area contributed by atoms with E-state index in [9.17, 15) is 13.6 Å². The number of alkyl halides is 2. The van der Waals surface area contributed by atoms with Crippen LogP contribution in [0.5, 0.6) is 0 Å². The van der Waals surface area contributed by atoms with Crippen LogP contribution in [0.25, 0.3) is 33.8 Å². The molecule has 0 aromatic carbocycles. The maximum absolute atomic E-state index is 14.9. The van der Waals surface area contributed by atoms with Crippen molar-refractivity contribution in [2.45, 2.75) is 38.3 Å². The third-order valence-corrected chi connectivity index (χ3v) is 6.23. The molecule has 5 aromatic heterocycles. The quantitative estimate of drug-likeness (QED) is 0.366. The zero-order valence-electron chi connectivity index (χ0n) is 21.4. The largest absolute Gasteiger partial charge is 0.444 e. The predicted octanol–water partition coefficient (Wildman–Crippen LogP) is 4.17. The van der Waals surface area contributed by atoms with Gasteiger partial charge in [0.2, 0.25) is 0 Å². The molecule has 0 spiro atoms. The highest BCUT2D eigenvalue weighted by Crippen LogP contribution is 2.35. The molecule has 0 aliphatic carbocycles. The second-order valence-corrected chi connectivity index (χ2v) is 10.3. The van der Waals surface area contributed by atoms with Crippen molar-refractivity contribution in [3.8, 4) is 22.6 Å². The van der Waals surface area contributed by atoms with Crippen LogP contribution in [0.4, 0.5) is 19.4 Å². The Morgan fingerprint density at radius 2 is 1.85 bits per heavy atom. The number of amides is 1. The number of ether oxygens (including phenoxy) is 1. The first-order valence-electron chi connectivity index (χ1n) is 12.3. The molecule has 1 amide bonds. The molecule has 5 aromatic rings. The van der Waals surface area contributed by atoms with Crippen LogP contribution in [0.3, 0.4) is 0 Å². The van der Waals surface area contributed by atoms with Crippen molar-refractivity contribution < 1.29 is 18.3 Å². The van der Waals surface area contributed by atoms with Gasteiger partial charge in [-0.1, -0.05) is 6.07 Å². The number of carbonyl (C=O) groups is 1. The molecule has 1 fully saturated rings. The number of nitrogens with one attached hydrogen (secondary N) is 1. The van der Waals surface area contributed by atoms with Crippen LogP contribution in [0.15, 0.2) is 61.1 Å². The van der Waals surface area contributed by atoms with Gasteiger partial charge in [-0.3, -0.25) is 4.90 Å². The Morgan fingerprint density at radius 3 is 2.67 bits per heavy atom. The molecule has 6 heterocycles. The lowest BCUT2D eigenvalue weighted by Gasteiger charge is -2.24. The SMILES string of the molecule is CC(C)(C)OC(=O)N1CC(Nc2cccc(-c3c(-c4cnn5ncccc45)nc4cccnn34)n2)C(F)(F)C1. The van der Waals surface area contributed by atoms with Gasteiger partial charge in [0.1, 0.15) is 28.8 Å². The molecular weight excluding hydrogens is 508 g/mol. The van der Waals surface area contributed by atoms with E-state index in [1.807, 2.05) is 12.1 Å². The van der Waals surface area contributed by atoms with Crippen molar-refractivity contribution >= 4 is 23.1 Å². The average Bonchev–Trinajstić information content (AvgIpc) is 3.56. The number of hydrogen-bond donors (Lipinski definition) is 1. The normalized spacial score (nSPS) is 17.2. The lowest BCUT2D eigenvalue weighted by Crippen LogP contribution is -2.38. The minimum Gasteiger partial charge on any atom is -0.444 e. The Kier molecular flexibility index (Phi) is 5.66. The monoisotopic (exact) mass is 533 g/mol. The van der Waals surface area contributed by atoms with Crippen molar-refractivity contribution in [1.29, 1.82) is 0 Å². The van der Waals surface area contributed by atoms with E-state index in [2.05, 4.69) is 25.6 Å². The highest BCUT2D eigenvalue weighted by atomic mass is 19.3. The van der Waals surface area contributed by atoms with Gasteiger partial charge in [0.05, 0.1) is 36.1 Å². The standard InChI is InChI=1S/C26H25F2N9O2/c1-25(2,3)39-24(38)35-14-19(26(27,28)15-35)33-20-9-4-7-17(32-20)23-22(34-21-10-6-11-29-36(21)23)16-13-31-37-18(16)8-5-12-30-37/h4-13,19H,14-15H2,1-3H3,(H,32,33). The average molecular weight is 534 g/mol. The van der Waals surface area contributed by atoms with Gasteiger partial charge in [0, 0.05) is 12.4 Å². The number of anilines is 1. The number of nitrogens with zero attached hydrogens (tertiary/aromatic N) is 8. The molecule has 1 unspecified atom stereocenters. The fourth-order valence-electron chi connectivity index (χ4n) is 4.55. The van der Waals surface area contributed by atoms with Crippen molar-refractivity contribution in [2.24, 2.45) is 0 Å². The molecule has 11 nitrogen and oxygen atoms in total. The van der Waals surface area contributed by atoms with Crippen molar-refractivity contribution in [3.63, 3.8) is 0 Å². The molecular formula is C26H25F2N9O2. The molecule has 13 heteroatoms. The fourth-order valence-corrected chi connectivity index (χ4v) is 4.55. The lowest BCUT2D eigenvalue weighted by atomic mass is 10.1. The van der Waals surface area contributed by atoms with Crippen LogP contribution >= 0.6 is 0 Å². The summed E-state index contributed by atoms with van der Waals surface area (Å²) in [5.74, 6) is -2.96. The fraction of sp³-hybridized carbons (Fsp3) is 0.308. The van der Waals surface area contributed by atoms with E-state index in [-0.39, 0.29) is 12.4 Å². The molecule has 0 radical (unpaired) electrons. The third kappa shape index (κ3) is 4.60. The van der Waals surface area contributed by atoms with Crippen molar-refractivity contribution in [2.75, 3.05) is 18.4 Å². The molecule has 200 valence electrons. The second kappa shape index (κ2) is 8.96. The first-order chi connectivity index (χ1) is 18.6. The smallest absolute Gasteiger partial charge is 0.410 e. The molecule has 0 saturated carbocycles. The topological polar surface area (TPSA) is 115 Å². The Bertz CT molecular complexity index is 1690. The molecule has 6 rings (SSSR count). The Balaban J connectivity index is 1.35. The summed E-state index contributed by atoms with van der Waals surface area (Å²) in [5, 5.41) is 15.8. The van der Waals surface area contributed by atoms with Crippen LogP contribution in [0.2, 0.25) is 0 Å². The maximum atomic E-state index is 14.9. The van der Waals surface area contributed by atoms with Crippen LogP contribution in [0.1, 0.15) is 20.8 Å². The molecule has 0 bridgehead atoms. The minimum absolute atomic E-state index is 0.224. The minimum atomic E-state index is -3.19. The Labute approximate surface area is 221 Å². The van der Waals surface area contributed by atoms with E-state index >= 15 is 0 Å². The first kappa shape index (κ1) is 24.6. The molecule has 1 atom stereocenters. The molecule has 39 heavy (non-hydrogen) atoms.